The highest BCUT2D eigenvalue weighted by atomic mass is 19.1. The number of pyridine rings is 1. The lowest BCUT2D eigenvalue weighted by Crippen LogP contribution is -2.25. The summed E-state index contributed by atoms with van der Waals surface area (Å²) in [5.74, 6) is -0.502. The summed E-state index contributed by atoms with van der Waals surface area (Å²) in [5.41, 5.74) is 2.53. The van der Waals surface area contributed by atoms with E-state index in [1.807, 2.05) is 12.1 Å². The number of carbonyl (C=O) groups excluding carboxylic acids is 1. The average molecular weight is 378 g/mol. The molecule has 28 heavy (non-hydrogen) atoms. The first-order valence-electron chi connectivity index (χ1n) is 9.08. The predicted molar refractivity (Wildman–Crippen MR) is 104 cm³/mol. The van der Waals surface area contributed by atoms with Crippen LogP contribution in [-0.2, 0) is 17.9 Å². The highest BCUT2D eigenvalue weighted by molar-refractivity contribution is 5.79. The Morgan fingerprint density at radius 3 is 2.82 bits per heavy atom. The zero-order chi connectivity index (χ0) is 19.5. The summed E-state index contributed by atoms with van der Waals surface area (Å²) in [7, 11) is 0. The van der Waals surface area contributed by atoms with Gasteiger partial charge in [0, 0.05) is 38.1 Å². The Morgan fingerprint density at radius 2 is 2.00 bits per heavy atom. The van der Waals surface area contributed by atoms with E-state index in [2.05, 4.69) is 10.3 Å². The fourth-order valence-corrected chi connectivity index (χ4v) is 3.34. The molecule has 4 rings (SSSR count). The Balaban J connectivity index is 1.49. The number of aromatic nitrogens is 3. The molecular formula is C21H19FN4O2. The summed E-state index contributed by atoms with van der Waals surface area (Å²) in [6, 6.07) is 11.6. The zero-order valence-corrected chi connectivity index (χ0v) is 15.1. The van der Waals surface area contributed by atoms with Crippen LogP contribution in [0, 0.1) is 5.82 Å². The summed E-state index contributed by atoms with van der Waals surface area (Å²) in [4.78, 5) is 28.9. The minimum atomic E-state index is -0.402. The Kier molecular flexibility index (Phi) is 4.89. The van der Waals surface area contributed by atoms with Gasteiger partial charge in [-0.25, -0.2) is 4.39 Å². The topological polar surface area (TPSA) is 68.4 Å². The molecule has 0 saturated carbocycles. The number of aryl methyl sites for hydroxylation is 1. The van der Waals surface area contributed by atoms with Crippen molar-refractivity contribution in [1.82, 2.24) is 19.3 Å². The molecule has 0 radical (unpaired) electrons. The number of amides is 1. The largest absolute Gasteiger partial charge is 0.352 e. The quantitative estimate of drug-likeness (QED) is 0.561. The van der Waals surface area contributed by atoms with Gasteiger partial charge in [-0.05, 0) is 48.4 Å². The minimum Gasteiger partial charge on any atom is -0.352 e. The highest BCUT2D eigenvalue weighted by Gasteiger charge is 2.12. The molecule has 142 valence electrons. The number of carbonyl (C=O) groups is 1. The average Bonchev–Trinajstić information content (AvgIpc) is 3.20. The number of nitrogens with zero attached hydrogens (tertiary/aromatic N) is 3. The lowest BCUT2D eigenvalue weighted by molar-refractivity contribution is -0.121. The van der Waals surface area contributed by atoms with Crippen molar-refractivity contribution in [3.05, 3.63) is 82.8 Å². The van der Waals surface area contributed by atoms with Gasteiger partial charge in [0.1, 0.15) is 11.3 Å². The van der Waals surface area contributed by atoms with Crippen molar-refractivity contribution in [2.24, 2.45) is 0 Å². The van der Waals surface area contributed by atoms with Crippen LogP contribution in [0.3, 0.4) is 0 Å². The van der Waals surface area contributed by atoms with E-state index in [0.717, 1.165) is 11.1 Å². The van der Waals surface area contributed by atoms with Gasteiger partial charge in [0.25, 0.3) is 5.56 Å². The van der Waals surface area contributed by atoms with Gasteiger partial charge in [0.2, 0.25) is 5.91 Å². The molecule has 0 spiro atoms. The van der Waals surface area contributed by atoms with E-state index in [0.29, 0.717) is 30.5 Å². The number of benzene rings is 1. The number of halogens is 1. The number of fused-ring (bicyclic) bond motifs is 3. The smallest absolute Gasteiger partial charge is 0.275 e. The molecule has 1 amide bonds. The molecule has 1 N–H and O–H groups in total. The van der Waals surface area contributed by atoms with Crippen LogP contribution in [0.15, 0.2) is 65.8 Å². The Bertz CT molecular complexity index is 1200. The van der Waals surface area contributed by atoms with Crippen LogP contribution < -0.4 is 10.9 Å². The van der Waals surface area contributed by atoms with E-state index >= 15 is 0 Å². The molecule has 0 unspecified atom stereocenters. The van der Waals surface area contributed by atoms with E-state index in [1.54, 1.807) is 45.8 Å². The van der Waals surface area contributed by atoms with Crippen molar-refractivity contribution in [3.63, 3.8) is 0 Å². The molecule has 0 aliphatic rings. The predicted octanol–water partition coefficient (Wildman–Crippen LogP) is 2.88. The Labute approximate surface area is 160 Å². The lowest BCUT2D eigenvalue weighted by atomic mass is 10.2. The first-order valence-corrected chi connectivity index (χ1v) is 9.08. The van der Waals surface area contributed by atoms with Gasteiger partial charge in [0.15, 0.2) is 0 Å². The second-order valence-corrected chi connectivity index (χ2v) is 6.59. The molecule has 1 aromatic carbocycles. The maximum atomic E-state index is 13.8. The van der Waals surface area contributed by atoms with Crippen LogP contribution in [-0.4, -0.2) is 19.9 Å². The molecule has 0 atom stereocenters. The molecule has 7 heteroatoms. The van der Waals surface area contributed by atoms with Crippen LogP contribution >= 0.6 is 0 Å². The zero-order valence-electron chi connectivity index (χ0n) is 15.1. The molecule has 6 nitrogen and oxygen atoms in total. The van der Waals surface area contributed by atoms with Crippen molar-refractivity contribution in [3.8, 4) is 0 Å². The SMILES string of the molecule is O=C(CCCn1c(=O)c2cccn2c2ccc(F)cc21)NCc1cccnc1. The highest BCUT2D eigenvalue weighted by Crippen LogP contribution is 2.17. The number of rotatable bonds is 6. The van der Waals surface area contributed by atoms with Crippen molar-refractivity contribution in [2.45, 2.75) is 25.9 Å². The molecule has 3 aromatic heterocycles. The van der Waals surface area contributed by atoms with E-state index in [-0.39, 0.29) is 17.9 Å². The summed E-state index contributed by atoms with van der Waals surface area (Å²) < 4.78 is 17.1. The van der Waals surface area contributed by atoms with Gasteiger partial charge >= 0.3 is 0 Å². The van der Waals surface area contributed by atoms with E-state index in [4.69, 9.17) is 0 Å². The van der Waals surface area contributed by atoms with Gasteiger partial charge < -0.3 is 14.3 Å². The molecule has 0 bridgehead atoms. The fraction of sp³-hybridized carbons (Fsp3) is 0.190. The molecule has 3 heterocycles. The Morgan fingerprint density at radius 1 is 1.11 bits per heavy atom. The molecule has 4 aromatic rings. The summed E-state index contributed by atoms with van der Waals surface area (Å²) in [6.45, 7) is 0.748. The standard InChI is InChI=1S/C21H19FN4O2/c22-16-7-8-17-19(12-16)26(21(28)18-5-2-10-25(17)18)11-3-6-20(27)24-14-15-4-1-9-23-13-15/h1-2,4-5,7-10,12-13H,3,6,11,14H2,(H,24,27). The summed E-state index contributed by atoms with van der Waals surface area (Å²) in [6.07, 6.45) is 5.91. The maximum absolute atomic E-state index is 13.8. The molecule has 0 aliphatic carbocycles. The van der Waals surface area contributed by atoms with Crippen LogP contribution in [0.2, 0.25) is 0 Å². The van der Waals surface area contributed by atoms with E-state index in [9.17, 15) is 14.0 Å². The minimum absolute atomic E-state index is 0.101. The first kappa shape index (κ1) is 17.9. The number of hydrogen-bond donors (Lipinski definition) is 1. The van der Waals surface area contributed by atoms with Crippen LogP contribution in [0.4, 0.5) is 4.39 Å². The van der Waals surface area contributed by atoms with Gasteiger partial charge in [0.05, 0.1) is 11.0 Å². The van der Waals surface area contributed by atoms with Crippen LogP contribution in [0.25, 0.3) is 16.6 Å². The number of hydrogen-bond acceptors (Lipinski definition) is 3. The van der Waals surface area contributed by atoms with Gasteiger partial charge in [-0.15, -0.1) is 0 Å². The van der Waals surface area contributed by atoms with Gasteiger partial charge in [-0.2, -0.15) is 0 Å². The molecule has 0 aliphatic heterocycles. The molecular weight excluding hydrogens is 359 g/mol. The third kappa shape index (κ3) is 3.51. The van der Waals surface area contributed by atoms with Crippen molar-refractivity contribution >= 4 is 22.5 Å². The fourth-order valence-electron chi connectivity index (χ4n) is 3.34. The van der Waals surface area contributed by atoms with Gasteiger partial charge in [-0.1, -0.05) is 6.07 Å². The third-order valence-corrected chi connectivity index (χ3v) is 4.70. The van der Waals surface area contributed by atoms with E-state index < -0.39 is 5.82 Å². The van der Waals surface area contributed by atoms with Crippen LogP contribution in [0.5, 0.6) is 0 Å². The van der Waals surface area contributed by atoms with Crippen LogP contribution in [0.1, 0.15) is 18.4 Å². The molecule has 0 fully saturated rings. The lowest BCUT2D eigenvalue weighted by Gasteiger charge is -2.13. The monoisotopic (exact) mass is 378 g/mol. The number of nitrogens with one attached hydrogen (secondary N) is 1. The second-order valence-electron chi connectivity index (χ2n) is 6.59. The summed E-state index contributed by atoms with van der Waals surface area (Å²) >= 11 is 0. The van der Waals surface area contributed by atoms with Crippen molar-refractivity contribution in [2.75, 3.05) is 0 Å². The van der Waals surface area contributed by atoms with E-state index in [1.165, 1.54) is 12.1 Å². The normalized spacial score (nSPS) is 11.2. The van der Waals surface area contributed by atoms with Crippen molar-refractivity contribution < 1.29 is 9.18 Å². The van der Waals surface area contributed by atoms with Crippen molar-refractivity contribution in [1.29, 1.82) is 0 Å². The van der Waals surface area contributed by atoms with Gasteiger partial charge in [-0.3, -0.25) is 14.6 Å². The Hall–Kier alpha value is -3.48. The summed E-state index contributed by atoms with van der Waals surface area (Å²) in [5, 5.41) is 2.84. The second kappa shape index (κ2) is 7.64. The first-order chi connectivity index (χ1) is 13.6. The third-order valence-electron chi connectivity index (χ3n) is 4.70. The maximum Gasteiger partial charge on any atom is 0.275 e. The molecule has 0 saturated heterocycles.